The van der Waals surface area contributed by atoms with Crippen molar-refractivity contribution in [3.63, 3.8) is 0 Å². The van der Waals surface area contributed by atoms with Gasteiger partial charge in [-0.2, -0.15) is 0 Å². The second-order valence-corrected chi connectivity index (χ2v) is 5.82. The average molecular weight is 238 g/mol. The van der Waals surface area contributed by atoms with E-state index in [4.69, 9.17) is 8.85 Å². The van der Waals surface area contributed by atoms with Gasteiger partial charge < -0.3 is 8.85 Å². The van der Waals surface area contributed by atoms with Gasteiger partial charge in [-0.1, -0.05) is 44.4 Å². The van der Waals surface area contributed by atoms with Crippen LogP contribution in [0.5, 0.6) is 5.75 Å². The van der Waals surface area contributed by atoms with Gasteiger partial charge in [-0.15, -0.1) is 0 Å². The maximum Gasteiger partial charge on any atom is 0.382 e. The Morgan fingerprint density at radius 1 is 1.06 bits per heavy atom. The second-order valence-electron chi connectivity index (χ2n) is 3.81. The molecule has 0 saturated carbocycles. The molecule has 0 aliphatic carbocycles. The number of rotatable bonds is 8. The van der Waals surface area contributed by atoms with Gasteiger partial charge in [-0.3, -0.25) is 0 Å². The molecular formula is C13H22O2Si. The molecule has 1 unspecified atom stereocenters. The van der Waals surface area contributed by atoms with Crippen molar-refractivity contribution in [3.8, 4) is 5.75 Å². The van der Waals surface area contributed by atoms with Crippen molar-refractivity contribution >= 4 is 9.28 Å². The summed E-state index contributed by atoms with van der Waals surface area (Å²) in [6.07, 6.45) is 3.74. The highest BCUT2D eigenvalue weighted by atomic mass is 28.3. The Morgan fingerprint density at radius 3 is 2.44 bits per heavy atom. The molecule has 1 aromatic carbocycles. The zero-order valence-electron chi connectivity index (χ0n) is 10.3. The van der Waals surface area contributed by atoms with Gasteiger partial charge in [0.05, 0.1) is 0 Å². The first-order chi connectivity index (χ1) is 7.86. The van der Waals surface area contributed by atoms with Crippen LogP contribution in [-0.4, -0.2) is 15.9 Å². The first kappa shape index (κ1) is 13.3. The molecule has 0 N–H and O–H groups in total. The van der Waals surface area contributed by atoms with Crippen molar-refractivity contribution < 1.29 is 8.85 Å². The van der Waals surface area contributed by atoms with Crippen molar-refractivity contribution in [2.75, 3.05) is 6.61 Å². The van der Waals surface area contributed by atoms with E-state index in [-0.39, 0.29) is 0 Å². The Kier molecular flexibility index (Phi) is 6.93. The second kappa shape index (κ2) is 8.36. The van der Waals surface area contributed by atoms with E-state index < -0.39 is 9.28 Å². The van der Waals surface area contributed by atoms with Gasteiger partial charge in [0.15, 0.2) is 0 Å². The van der Waals surface area contributed by atoms with Gasteiger partial charge >= 0.3 is 9.28 Å². The summed E-state index contributed by atoms with van der Waals surface area (Å²) in [5.41, 5.74) is 0. The molecule has 0 aliphatic rings. The van der Waals surface area contributed by atoms with Crippen LogP contribution in [0, 0.1) is 0 Å². The molecular weight excluding hydrogens is 216 g/mol. The summed E-state index contributed by atoms with van der Waals surface area (Å²) in [6, 6.07) is 11.1. The van der Waals surface area contributed by atoms with Crippen LogP contribution < -0.4 is 4.43 Å². The molecule has 16 heavy (non-hydrogen) atoms. The van der Waals surface area contributed by atoms with E-state index in [1.54, 1.807) is 0 Å². The predicted octanol–water partition coefficient (Wildman–Crippen LogP) is 3.51. The standard InChI is InChI=1S/C13H22O2Si/c1-3-5-9-12-16(14-4-2)15-13-10-7-6-8-11-13/h6-8,10-11,16H,3-5,9,12H2,1-2H3. The Hall–Kier alpha value is -0.803. The SMILES string of the molecule is CCCCC[SiH](OCC)Oc1ccccc1. The molecule has 3 heteroatoms. The first-order valence-corrected chi connectivity index (χ1v) is 7.96. The molecule has 2 nitrogen and oxygen atoms in total. The largest absolute Gasteiger partial charge is 0.522 e. The lowest BCUT2D eigenvalue weighted by atomic mass is 10.3. The van der Waals surface area contributed by atoms with Crippen molar-refractivity contribution in [3.05, 3.63) is 30.3 Å². The van der Waals surface area contributed by atoms with Crippen molar-refractivity contribution in [1.82, 2.24) is 0 Å². The molecule has 0 aliphatic heterocycles. The van der Waals surface area contributed by atoms with Crippen LogP contribution in [0.15, 0.2) is 30.3 Å². The predicted molar refractivity (Wildman–Crippen MR) is 70.2 cm³/mol. The highest BCUT2D eigenvalue weighted by Crippen LogP contribution is 2.13. The quantitative estimate of drug-likeness (QED) is 0.509. The normalized spacial score (nSPS) is 12.4. The molecule has 0 spiro atoms. The molecule has 1 aromatic rings. The monoisotopic (exact) mass is 238 g/mol. The summed E-state index contributed by atoms with van der Waals surface area (Å²) >= 11 is 0. The van der Waals surface area contributed by atoms with Crippen molar-refractivity contribution in [2.45, 2.75) is 39.2 Å². The van der Waals surface area contributed by atoms with E-state index in [0.717, 1.165) is 18.4 Å². The van der Waals surface area contributed by atoms with E-state index >= 15 is 0 Å². The number of benzene rings is 1. The molecule has 0 fully saturated rings. The van der Waals surface area contributed by atoms with Gasteiger partial charge in [-0.25, -0.2) is 0 Å². The van der Waals surface area contributed by atoms with Crippen LogP contribution in [0.1, 0.15) is 33.1 Å². The minimum Gasteiger partial charge on any atom is -0.522 e. The third-order valence-corrected chi connectivity index (χ3v) is 4.53. The number of hydrogen-bond acceptors (Lipinski definition) is 2. The first-order valence-electron chi connectivity index (χ1n) is 6.20. The Morgan fingerprint density at radius 2 is 1.81 bits per heavy atom. The van der Waals surface area contributed by atoms with Crippen LogP contribution in [0.2, 0.25) is 6.04 Å². The number of unbranched alkanes of at least 4 members (excludes halogenated alkanes) is 2. The lowest BCUT2D eigenvalue weighted by molar-refractivity contribution is 0.279. The highest BCUT2D eigenvalue weighted by molar-refractivity contribution is 6.45. The fraction of sp³-hybridized carbons (Fsp3) is 0.538. The summed E-state index contributed by atoms with van der Waals surface area (Å²) < 4.78 is 11.6. The molecule has 0 amide bonds. The van der Waals surface area contributed by atoms with Crippen molar-refractivity contribution in [2.24, 2.45) is 0 Å². The third-order valence-electron chi connectivity index (χ3n) is 2.41. The fourth-order valence-electron chi connectivity index (χ4n) is 1.57. The molecule has 0 heterocycles. The highest BCUT2D eigenvalue weighted by Gasteiger charge is 2.13. The summed E-state index contributed by atoms with van der Waals surface area (Å²) in [5.74, 6) is 0.948. The van der Waals surface area contributed by atoms with Crippen LogP contribution in [0.25, 0.3) is 0 Å². The third kappa shape index (κ3) is 5.33. The summed E-state index contributed by atoms with van der Waals surface area (Å²) in [5, 5.41) is 0. The molecule has 0 radical (unpaired) electrons. The lowest BCUT2D eigenvalue weighted by Gasteiger charge is -2.16. The Balaban J connectivity index is 2.38. The maximum atomic E-state index is 5.92. The summed E-state index contributed by atoms with van der Waals surface area (Å²) in [4.78, 5) is 0. The Labute approximate surface area is 100 Å². The molecule has 1 rings (SSSR count). The summed E-state index contributed by atoms with van der Waals surface area (Å²) in [6.45, 7) is 5.01. The zero-order valence-corrected chi connectivity index (χ0v) is 11.5. The number of para-hydroxylation sites is 1. The molecule has 90 valence electrons. The molecule has 0 bridgehead atoms. The molecule has 0 aromatic heterocycles. The van der Waals surface area contributed by atoms with E-state index in [0.29, 0.717) is 0 Å². The molecule has 1 atom stereocenters. The van der Waals surface area contributed by atoms with Crippen molar-refractivity contribution in [1.29, 1.82) is 0 Å². The van der Waals surface area contributed by atoms with E-state index in [1.807, 2.05) is 37.3 Å². The minimum absolute atomic E-state index is 0.760. The minimum atomic E-state index is -1.49. The fourth-order valence-corrected chi connectivity index (χ4v) is 3.38. The summed E-state index contributed by atoms with van der Waals surface area (Å²) in [7, 11) is -1.49. The number of hydrogen-bond donors (Lipinski definition) is 0. The maximum absolute atomic E-state index is 5.92. The zero-order chi connectivity index (χ0) is 11.6. The van der Waals surface area contributed by atoms with Gasteiger partial charge in [0.2, 0.25) is 0 Å². The average Bonchev–Trinajstić information content (AvgIpc) is 2.31. The van der Waals surface area contributed by atoms with Gasteiger partial charge in [0, 0.05) is 6.61 Å². The Bertz CT molecular complexity index is 264. The van der Waals surface area contributed by atoms with Crippen LogP contribution in [-0.2, 0) is 4.43 Å². The van der Waals surface area contributed by atoms with Gasteiger partial charge in [-0.05, 0) is 25.1 Å². The van der Waals surface area contributed by atoms with Crippen LogP contribution in [0.3, 0.4) is 0 Å². The van der Waals surface area contributed by atoms with Gasteiger partial charge in [0.1, 0.15) is 5.75 Å². The van der Waals surface area contributed by atoms with Crippen LogP contribution >= 0.6 is 0 Å². The van der Waals surface area contributed by atoms with E-state index in [9.17, 15) is 0 Å². The smallest absolute Gasteiger partial charge is 0.382 e. The van der Waals surface area contributed by atoms with Gasteiger partial charge in [0.25, 0.3) is 0 Å². The topological polar surface area (TPSA) is 18.5 Å². The lowest BCUT2D eigenvalue weighted by Crippen LogP contribution is -2.26. The van der Waals surface area contributed by atoms with Crippen LogP contribution in [0.4, 0.5) is 0 Å². The molecule has 0 saturated heterocycles. The van der Waals surface area contributed by atoms with E-state index in [2.05, 4.69) is 6.92 Å². The van der Waals surface area contributed by atoms with E-state index in [1.165, 1.54) is 19.3 Å².